The van der Waals surface area contributed by atoms with Gasteiger partial charge in [0.05, 0.1) is 0 Å². The fourth-order valence-electron chi connectivity index (χ4n) is 3.04. The predicted octanol–water partition coefficient (Wildman–Crippen LogP) is 5.30. The molecular formula is C19H24. The van der Waals surface area contributed by atoms with Crippen LogP contribution in [0.5, 0.6) is 0 Å². The maximum Gasteiger partial charge on any atom is 0.0245 e. The Labute approximate surface area is 117 Å². The molecule has 0 bridgehead atoms. The molecule has 0 radical (unpaired) electrons. The van der Waals surface area contributed by atoms with E-state index in [1.165, 1.54) is 37.7 Å². The molecular weight excluding hydrogens is 228 g/mol. The van der Waals surface area contributed by atoms with Crippen molar-refractivity contribution in [3.05, 3.63) is 47.5 Å². The molecule has 19 heavy (non-hydrogen) atoms. The highest BCUT2D eigenvalue weighted by molar-refractivity contribution is 5.36. The van der Waals surface area contributed by atoms with Gasteiger partial charge in [-0.3, -0.25) is 0 Å². The van der Waals surface area contributed by atoms with Crippen molar-refractivity contribution in [2.45, 2.75) is 51.9 Å². The molecule has 0 N–H and O–H groups in total. The molecule has 1 saturated carbocycles. The van der Waals surface area contributed by atoms with E-state index in [1.54, 1.807) is 0 Å². The van der Waals surface area contributed by atoms with E-state index in [4.69, 9.17) is 0 Å². The first kappa shape index (κ1) is 13.9. The van der Waals surface area contributed by atoms with Gasteiger partial charge in [0.2, 0.25) is 0 Å². The van der Waals surface area contributed by atoms with Crippen LogP contribution in [0.15, 0.2) is 36.4 Å². The third-order valence-corrected chi connectivity index (χ3v) is 4.20. The quantitative estimate of drug-likeness (QED) is 0.506. The lowest BCUT2D eigenvalue weighted by Gasteiger charge is -2.28. The Balaban J connectivity index is 1.91. The molecule has 0 spiro atoms. The minimum absolute atomic E-state index is 0.769. The smallest absolute Gasteiger partial charge is 0.0245 e. The number of hydrogen-bond donors (Lipinski definition) is 0. The average molecular weight is 252 g/mol. The average Bonchev–Trinajstić information content (AvgIpc) is 2.47. The highest BCUT2D eigenvalue weighted by atomic mass is 14.3. The molecule has 1 aromatic rings. The zero-order valence-corrected chi connectivity index (χ0v) is 12.2. The Bertz CT molecular complexity index is 459. The van der Waals surface area contributed by atoms with Gasteiger partial charge in [-0.1, -0.05) is 30.2 Å². The summed E-state index contributed by atoms with van der Waals surface area (Å²) in [6, 6.07) is 8.88. The lowest BCUT2D eigenvalue weighted by Crippen LogP contribution is -2.12. The van der Waals surface area contributed by atoms with Gasteiger partial charge in [-0.25, -0.2) is 0 Å². The summed E-state index contributed by atoms with van der Waals surface area (Å²) in [6.07, 6.45) is 11.2. The van der Waals surface area contributed by atoms with Gasteiger partial charge >= 0.3 is 0 Å². The maximum absolute atomic E-state index is 3.11. The van der Waals surface area contributed by atoms with Gasteiger partial charge in [-0.05, 0) is 75.5 Å². The second kappa shape index (κ2) is 7.19. The molecule has 0 unspecified atom stereocenters. The molecule has 2 rings (SSSR count). The van der Waals surface area contributed by atoms with Gasteiger partial charge in [-0.2, -0.15) is 0 Å². The molecule has 0 amide bonds. The van der Waals surface area contributed by atoms with Crippen molar-refractivity contribution in [3.63, 3.8) is 0 Å². The normalized spacial score (nSPS) is 23.1. The summed E-state index contributed by atoms with van der Waals surface area (Å²) in [5, 5.41) is 0. The van der Waals surface area contributed by atoms with Gasteiger partial charge in [0.25, 0.3) is 0 Å². The van der Waals surface area contributed by atoms with E-state index >= 15 is 0 Å². The van der Waals surface area contributed by atoms with E-state index in [0.717, 1.165) is 17.4 Å². The largest absolute Gasteiger partial charge is 0.101 e. The Morgan fingerprint density at radius 1 is 1.11 bits per heavy atom. The third kappa shape index (κ3) is 4.00. The van der Waals surface area contributed by atoms with E-state index in [1.807, 2.05) is 6.92 Å². The maximum atomic E-state index is 3.11. The molecule has 1 aromatic carbocycles. The second-order valence-corrected chi connectivity index (χ2v) is 5.52. The van der Waals surface area contributed by atoms with Crippen LogP contribution in [-0.4, -0.2) is 0 Å². The summed E-state index contributed by atoms with van der Waals surface area (Å²) < 4.78 is 0. The molecule has 0 heteroatoms. The molecule has 0 nitrogen and oxygen atoms in total. The molecule has 0 aliphatic heterocycles. The lowest BCUT2D eigenvalue weighted by molar-refractivity contribution is 0.328. The van der Waals surface area contributed by atoms with Crippen molar-refractivity contribution in [2.75, 3.05) is 0 Å². The van der Waals surface area contributed by atoms with Gasteiger partial charge < -0.3 is 0 Å². The van der Waals surface area contributed by atoms with Crippen LogP contribution in [0, 0.1) is 17.8 Å². The van der Waals surface area contributed by atoms with E-state index in [-0.39, 0.29) is 0 Å². The first-order chi connectivity index (χ1) is 9.33. The third-order valence-electron chi connectivity index (χ3n) is 4.20. The summed E-state index contributed by atoms with van der Waals surface area (Å²) in [6.45, 7) is 4.01. The van der Waals surface area contributed by atoms with Crippen LogP contribution < -0.4 is 0 Å². The monoisotopic (exact) mass is 252 g/mol. The van der Waals surface area contributed by atoms with E-state index in [9.17, 15) is 0 Å². The topological polar surface area (TPSA) is 0 Å². The van der Waals surface area contributed by atoms with Gasteiger partial charge in [-0.15, -0.1) is 5.92 Å². The number of benzene rings is 1. The summed E-state index contributed by atoms with van der Waals surface area (Å²) in [5.74, 6) is 7.75. The van der Waals surface area contributed by atoms with Crippen LogP contribution in [-0.2, 0) is 0 Å². The zero-order valence-electron chi connectivity index (χ0n) is 12.2. The Hall–Kier alpha value is -1.48. The summed E-state index contributed by atoms with van der Waals surface area (Å²) in [4.78, 5) is 0. The number of allylic oxidation sites excluding steroid dienone is 2. The Morgan fingerprint density at radius 3 is 2.37 bits per heavy atom. The van der Waals surface area contributed by atoms with Crippen molar-refractivity contribution in [1.82, 2.24) is 0 Å². The molecule has 100 valence electrons. The van der Waals surface area contributed by atoms with E-state index < -0.39 is 0 Å². The molecule has 0 atom stereocenters. The Kier molecular flexibility index (Phi) is 5.28. The molecule has 0 aromatic heterocycles. The number of hydrogen-bond acceptors (Lipinski definition) is 0. The van der Waals surface area contributed by atoms with Crippen LogP contribution >= 0.6 is 0 Å². The van der Waals surface area contributed by atoms with Crippen molar-refractivity contribution >= 4 is 0 Å². The fourth-order valence-corrected chi connectivity index (χ4v) is 3.04. The van der Waals surface area contributed by atoms with Gasteiger partial charge in [0, 0.05) is 5.56 Å². The van der Waals surface area contributed by atoms with E-state index in [0.29, 0.717) is 0 Å². The van der Waals surface area contributed by atoms with Crippen LogP contribution in [0.1, 0.15) is 63.0 Å². The fraction of sp³-hybridized carbons (Fsp3) is 0.474. The summed E-state index contributed by atoms with van der Waals surface area (Å²) >= 11 is 0. The standard InChI is InChI=1S/C19H24/c1-3-5-7-17-10-14-19(15-11-17)18-12-8-16(6-4-2)9-13-18/h3,5,8-9,12-13,17,19H,7,10-11,14-15H2,1-2H3. The molecule has 0 heterocycles. The SMILES string of the molecule is CC#Cc1ccc(C2CCC(CC=CC)CC2)cc1. The summed E-state index contributed by atoms with van der Waals surface area (Å²) in [7, 11) is 0. The lowest BCUT2D eigenvalue weighted by atomic mass is 9.77. The molecule has 1 aliphatic rings. The summed E-state index contributed by atoms with van der Waals surface area (Å²) in [5.41, 5.74) is 2.64. The molecule has 0 saturated heterocycles. The predicted molar refractivity (Wildman–Crippen MR) is 83.1 cm³/mol. The van der Waals surface area contributed by atoms with Crippen molar-refractivity contribution in [1.29, 1.82) is 0 Å². The number of rotatable bonds is 3. The van der Waals surface area contributed by atoms with Crippen molar-refractivity contribution < 1.29 is 0 Å². The highest BCUT2D eigenvalue weighted by Crippen LogP contribution is 2.37. The first-order valence-electron chi connectivity index (χ1n) is 7.47. The minimum atomic E-state index is 0.769. The van der Waals surface area contributed by atoms with Gasteiger partial charge in [0.15, 0.2) is 0 Å². The molecule has 1 fully saturated rings. The first-order valence-corrected chi connectivity index (χ1v) is 7.47. The van der Waals surface area contributed by atoms with Crippen LogP contribution in [0.25, 0.3) is 0 Å². The molecule has 1 aliphatic carbocycles. The minimum Gasteiger partial charge on any atom is -0.101 e. The highest BCUT2D eigenvalue weighted by Gasteiger charge is 2.21. The van der Waals surface area contributed by atoms with Gasteiger partial charge in [0.1, 0.15) is 0 Å². The van der Waals surface area contributed by atoms with Crippen LogP contribution in [0.4, 0.5) is 0 Å². The van der Waals surface area contributed by atoms with Crippen LogP contribution in [0.2, 0.25) is 0 Å². The van der Waals surface area contributed by atoms with Crippen LogP contribution in [0.3, 0.4) is 0 Å². The second-order valence-electron chi connectivity index (χ2n) is 5.52. The van der Waals surface area contributed by atoms with Crippen molar-refractivity contribution in [2.24, 2.45) is 5.92 Å². The zero-order chi connectivity index (χ0) is 13.5. The van der Waals surface area contributed by atoms with Crippen molar-refractivity contribution in [3.8, 4) is 11.8 Å². The van der Waals surface area contributed by atoms with E-state index in [2.05, 4.69) is 55.2 Å². The Morgan fingerprint density at radius 2 is 1.79 bits per heavy atom.